The van der Waals surface area contributed by atoms with E-state index in [1.54, 1.807) is 7.05 Å². The van der Waals surface area contributed by atoms with Gasteiger partial charge in [-0.05, 0) is 69.0 Å². The van der Waals surface area contributed by atoms with Gasteiger partial charge in [-0.3, -0.25) is 40.0 Å². The van der Waals surface area contributed by atoms with Crippen molar-refractivity contribution in [3.05, 3.63) is 42.0 Å². The molecule has 1 unspecified atom stereocenters. The first-order valence-corrected chi connectivity index (χ1v) is 16.7. The summed E-state index contributed by atoms with van der Waals surface area (Å²) in [7, 11) is 1.71. The van der Waals surface area contributed by atoms with Crippen LogP contribution in [0.3, 0.4) is 0 Å². The Balaban J connectivity index is 1.32. The van der Waals surface area contributed by atoms with Gasteiger partial charge < -0.3 is 32.2 Å². The number of nitrogens with one attached hydrogen (secondary N) is 6. The number of Topliss-reactive ketones (excluding diaryl/α,β-unsaturated/α-hetero) is 1. The van der Waals surface area contributed by atoms with Gasteiger partial charge in [0.25, 0.3) is 5.24 Å². The fraction of sp³-hybridized carbons (Fsp3) is 0.500. The number of thioether (sulfide) groups is 1. The molecule has 1 fully saturated rings. The highest BCUT2D eigenvalue weighted by molar-refractivity contribution is 8.15. The van der Waals surface area contributed by atoms with Crippen LogP contribution in [0.15, 0.2) is 36.4 Å². The minimum Gasteiger partial charge on any atom is -0.493 e. The minimum absolute atomic E-state index is 0.00148. The Morgan fingerprint density at radius 3 is 2.36 bits per heavy atom. The third kappa shape index (κ3) is 12.5. The first-order chi connectivity index (χ1) is 22.6. The van der Waals surface area contributed by atoms with Crippen LogP contribution in [0, 0.1) is 5.41 Å². The monoisotopic (exact) mass is 670 g/mol. The van der Waals surface area contributed by atoms with Gasteiger partial charge in [0.05, 0.1) is 30.5 Å². The molecule has 3 rings (SSSR count). The number of imide groups is 1. The molecule has 0 saturated carbocycles. The van der Waals surface area contributed by atoms with Crippen molar-refractivity contribution in [2.24, 2.45) is 11.5 Å². The lowest BCUT2D eigenvalue weighted by Gasteiger charge is -2.19. The van der Waals surface area contributed by atoms with Crippen LogP contribution >= 0.6 is 11.8 Å². The second-order valence-corrected chi connectivity index (χ2v) is 12.5. The van der Waals surface area contributed by atoms with Crippen LogP contribution in [0.5, 0.6) is 5.75 Å². The summed E-state index contributed by atoms with van der Waals surface area (Å²) >= 11 is 1.01. The molecular formula is C32H46N8O6S. The number of guanidine groups is 1. The molecule has 15 heteroatoms. The average Bonchev–Trinajstić information content (AvgIpc) is 3.36. The van der Waals surface area contributed by atoms with Gasteiger partial charge in [-0.25, -0.2) is 0 Å². The molecule has 0 bridgehead atoms. The lowest BCUT2D eigenvalue weighted by atomic mass is 10.00. The zero-order valence-corrected chi connectivity index (χ0v) is 27.5. The number of ether oxygens (including phenoxy) is 1. The maximum Gasteiger partial charge on any atom is 0.286 e. The predicted octanol–water partition coefficient (Wildman–Crippen LogP) is 1.04. The second kappa shape index (κ2) is 19.5. The summed E-state index contributed by atoms with van der Waals surface area (Å²) in [6, 6.07) is 10.5. The molecule has 3 atom stereocenters. The lowest BCUT2D eigenvalue weighted by molar-refractivity contribution is -0.123. The van der Waals surface area contributed by atoms with Crippen molar-refractivity contribution < 1.29 is 28.7 Å². The third-order valence-corrected chi connectivity index (χ3v) is 8.76. The summed E-state index contributed by atoms with van der Waals surface area (Å²) in [5.74, 6) is -0.415. The molecule has 1 aliphatic heterocycles. The number of unbranched alkanes of at least 4 members (excludes halogenated alkanes) is 1. The van der Waals surface area contributed by atoms with Gasteiger partial charge in [0, 0.05) is 24.9 Å². The standard InChI is InChI=1S/C32H46N8O6S/c1-36-23(25(41)19-39-24(29(33)43)11-6-16-38-31(34)35)10-4-5-15-37-28(42)12-7-17-46-26-14-13-20(21-8-2-3-9-22(21)26)18-27-30(44)40-32(45)47-27/h2-3,8-9,13-14,23-24,27,36,39H,4-7,10-12,15-19H2,1H3,(H2,33,43)(H,37,42)(H4,34,35,38)(H,40,44,45)/t23-,24-,27?/m0/s1. The molecule has 0 radical (unpaired) electrons. The summed E-state index contributed by atoms with van der Waals surface area (Å²) in [5.41, 5.74) is 11.7. The van der Waals surface area contributed by atoms with Crippen molar-refractivity contribution in [2.75, 3.05) is 33.3 Å². The number of carbonyl (C=O) groups is 5. The first-order valence-electron chi connectivity index (χ1n) is 15.8. The van der Waals surface area contributed by atoms with Gasteiger partial charge in [0.1, 0.15) is 5.75 Å². The van der Waals surface area contributed by atoms with Crippen molar-refractivity contribution in [3.8, 4) is 5.75 Å². The Kier molecular flexibility index (Phi) is 15.4. The topological polar surface area (TPSA) is 231 Å². The van der Waals surface area contributed by atoms with E-state index in [-0.39, 0.29) is 35.3 Å². The quantitative estimate of drug-likeness (QED) is 0.0501. The average molecular weight is 671 g/mol. The number of rotatable bonds is 22. The van der Waals surface area contributed by atoms with E-state index in [4.69, 9.17) is 21.6 Å². The van der Waals surface area contributed by atoms with Crippen LogP contribution in [0.2, 0.25) is 0 Å². The van der Waals surface area contributed by atoms with Crippen molar-refractivity contribution in [1.29, 1.82) is 5.41 Å². The molecule has 2 aromatic carbocycles. The van der Waals surface area contributed by atoms with E-state index >= 15 is 0 Å². The molecule has 4 amide bonds. The largest absolute Gasteiger partial charge is 0.493 e. The summed E-state index contributed by atoms with van der Waals surface area (Å²) < 4.78 is 6.01. The van der Waals surface area contributed by atoms with Gasteiger partial charge in [-0.15, -0.1) is 0 Å². The number of likely N-dealkylation sites (N-methyl/N-ethyl adjacent to an activating group) is 1. The van der Waals surface area contributed by atoms with Crippen LogP contribution in [0.1, 0.15) is 50.5 Å². The maximum atomic E-state index is 12.7. The van der Waals surface area contributed by atoms with Crippen LogP contribution in [0.25, 0.3) is 10.8 Å². The molecule has 0 spiro atoms. The molecule has 10 N–H and O–H groups in total. The normalized spacial score (nSPS) is 15.6. The van der Waals surface area contributed by atoms with Gasteiger partial charge in [-0.1, -0.05) is 42.1 Å². The second-order valence-electron chi connectivity index (χ2n) is 11.3. The first kappa shape index (κ1) is 37.2. The number of primary amides is 1. The highest BCUT2D eigenvalue weighted by Crippen LogP contribution is 2.32. The highest BCUT2D eigenvalue weighted by atomic mass is 32.2. The third-order valence-electron chi connectivity index (χ3n) is 7.78. The summed E-state index contributed by atoms with van der Waals surface area (Å²) in [6.07, 6.45) is 4.27. The number of nitrogens with two attached hydrogens (primary N) is 2. The van der Waals surface area contributed by atoms with E-state index in [9.17, 15) is 24.0 Å². The number of carbonyl (C=O) groups excluding carboxylic acids is 5. The number of hydrogen-bond donors (Lipinski definition) is 8. The van der Waals surface area contributed by atoms with E-state index < -0.39 is 23.2 Å². The Morgan fingerprint density at radius 2 is 1.68 bits per heavy atom. The van der Waals surface area contributed by atoms with Gasteiger partial charge in [-0.2, -0.15) is 0 Å². The minimum atomic E-state index is -0.656. The summed E-state index contributed by atoms with van der Waals surface area (Å²) in [6.45, 7) is 1.28. The van der Waals surface area contributed by atoms with Gasteiger partial charge in [0.15, 0.2) is 11.7 Å². The van der Waals surface area contributed by atoms with E-state index in [1.165, 1.54) is 0 Å². The number of fused-ring (bicyclic) bond motifs is 1. The van der Waals surface area contributed by atoms with Crippen molar-refractivity contribution in [1.82, 2.24) is 26.6 Å². The Labute approximate surface area is 278 Å². The molecule has 2 aromatic rings. The summed E-state index contributed by atoms with van der Waals surface area (Å²) in [5, 5.41) is 22.1. The molecule has 1 heterocycles. The van der Waals surface area contributed by atoms with Crippen LogP contribution < -0.4 is 42.8 Å². The van der Waals surface area contributed by atoms with Crippen molar-refractivity contribution >= 4 is 57.2 Å². The fourth-order valence-corrected chi connectivity index (χ4v) is 6.10. The van der Waals surface area contributed by atoms with E-state index in [2.05, 4.69) is 26.6 Å². The Hall–Kier alpha value is -4.21. The molecule has 1 saturated heterocycles. The summed E-state index contributed by atoms with van der Waals surface area (Å²) in [4.78, 5) is 60.4. The number of ketones is 1. The van der Waals surface area contributed by atoms with Crippen LogP contribution in [-0.4, -0.2) is 85.3 Å². The van der Waals surface area contributed by atoms with Gasteiger partial charge in [0.2, 0.25) is 17.7 Å². The molecule has 0 aliphatic carbocycles. The van der Waals surface area contributed by atoms with E-state index in [0.29, 0.717) is 70.4 Å². The van der Waals surface area contributed by atoms with E-state index in [1.807, 2.05) is 36.4 Å². The predicted molar refractivity (Wildman–Crippen MR) is 182 cm³/mol. The highest BCUT2D eigenvalue weighted by Gasteiger charge is 2.32. The smallest absolute Gasteiger partial charge is 0.286 e. The zero-order chi connectivity index (χ0) is 34.2. The Morgan fingerprint density at radius 1 is 0.957 bits per heavy atom. The number of amides is 4. The SMILES string of the molecule is CN[C@@H](CCCCNC(=O)CCCOc1ccc(CC2SC(=O)NC2=O)c2ccccc12)C(=O)CN[C@@H](CCCNC(=N)N)C(N)=O. The Bertz CT molecular complexity index is 1420. The van der Waals surface area contributed by atoms with Crippen molar-refractivity contribution in [2.45, 2.75) is 68.7 Å². The van der Waals surface area contributed by atoms with Crippen molar-refractivity contribution in [3.63, 3.8) is 0 Å². The number of benzene rings is 2. The molecule has 256 valence electrons. The molecule has 1 aliphatic rings. The maximum absolute atomic E-state index is 12.7. The van der Waals surface area contributed by atoms with Gasteiger partial charge >= 0.3 is 0 Å². The fourth-order valence-electron chi connectivity index (χ4n) is 5.26. The van der Waals surface area contributed by atoms with E-state index in [0.717, 1.165) is 34.5 Å². The molecular weight excluding hydrogens is 624 g/mol. The lowest BCUT2D eigenvalue weighted by Crippen LogP contribution is -2.47. The number of hydrogen-bond acceptors (Lipinski definition) is 10. The molecule has 0 aromatic heterocycles. The van der Waals surface area contributed by atoms with Crippen LogP contribution in [-0.2, 0) is 25.6 Å². The molecule has 14 nitrogen and oxygen atoms in total. The zero-order valence-electron chi connectivity index (χ0n) is 26.7. The molecule has 47 heavy (non-hydrogen) atoms. The van der Waals surface area contributed by atoms with Crippen LogP contribution in [0.4, 0.5) is 4.79 Å².